The topological polar surface area (TPSA) is 81.0 Å². The maximum Gasteiger partial charge on any atom is 0.242 e. The highest BCUT2D eigenvalue weighted by Crippen LogP contribution is 2.27. The molecule has 0 amide bonds. The van der Waals surface area contributed by atoms with Crippen LogP contribution in [0.15, 0.2) is 58.6 Å². The van der Waals surface area contributed by atoms with Gasteiger partial charge in [-0.1, -0.05) is 30.8 Å². The first-order valence-corrected chi connectivity index (χ1v) is 12.1. The van der Waals surface area contributed by atoms with E-state index in [9.17, 15) is 8.42 Å². The Labute approximate surface area is 180 Å². The zero-order valence-corrected chi connectivity index (χ0v) is 18.7. The van der Waals surface area contributed by atoms with Crippen LogP contribution >= 0.6 is 11.8 Å². The predicted octanol–water partition coefficient (Wildman–Crippen LogP) is 3.93. The summed E-state index contributed by atoms with van der Waals surface area (Å²) in [6.45, 7) is 2.93. The lowest BCUT2D eigenvalue weighted by molar-refractivity contribution is 0.521. The van der Waals surface area contributed by atoms with Gasteiger partial charge in [-0.2, -0.15) is 0 Å². The first kappa shape index (κ1) is 20.8. The molecular weight excluding hydrogens is 418 g/mol. The Morgan fingerprint density at radius 2 is 1.80 bits per heavy atom. The monoisotopic (exact) mass is 441 g/mol. The molecular formula is C21H23N5O2S2. The summed E-state index contributed by atoms with van der Waals surface area (Å²) in [7, 11) is -0.440. The summed E-state index contributed by atoms with van der Waals surface area (Å²) in [5, 5.41) is 0.833. The van der Waals surface area contributed by atoms with Crippen molar-refractivity contribution in [2.75, 3.05) is 14.1 Å². The quantitative estimate of drug-likeness (QED) is 0.404. The van der Waals surface area contributed by atoms with E-state index in [1.165, 1.54) is 18.4 Å². The van der Waals surface area contributed by atoms with E-state index in [0.717, 1.165) is 40.4 Å². The maximum atomic E-state index is 12.5. The third-order valence-corrected chi connectivity index (χ3v) is 7.51. The van der Waals surface area contributed by atoms with E-state index < -0.39 is 10.0 Å². The second kappa shape index (κ2) is 8.33. The van der Waals surface area contributed by atoms with Crippen LogP contribution in [0.2, 0.25) is 0 Å². The minimum absolute atomic E-state index is 0.251. The van der Waals surface area contributed by atoms with Crippen molar-refractivity contribution in [2.45, 2.75) is 35.6 Å². The fourth-order valence-electron chi connectivity index (χ4n) is 3.26. The molecule has 0 aliphatic carbocycles. The highest BCUT2D eigenvalue weighted by Gasteiger charge is 2.19. The van der Waals surface area contributed by atoms with Crippen LogP contribution in [0.4, 0.5) is 0 Å². The second-order valence-electron chi connectivity index (χ2n) is 7.10. The average Bonchev–Trinajstić information content (AvgIpc) is 3.09. The van der Waals surface area contributed by atoms with Crippen LogP contribution in [0.25, 0.3) is 22.1 Å². The van der Waals surface area contributed by atoms with Crippen molar-refractivity contribution in [2.24, 2.45) is 0 Å². The number of sulfonamides is 1. The Balaban J connectivity index is 1.67. The molecule has 0 saturated heterocycles. The van der Waals surface area contributed by atoms with Gasteiger partial charge >= 0.3 is 0 Å². The van der Waals surface area contributed by atoms with Crippen LogP contribution in [0.5, 0.6) is 0 Å². The number of benzene rings is 2. The zero-order chi connectivity index (χ0) is 21.3. The summed E-state index contributed by atoms with van der Waals surface area (Å²) >= 11 is 1.57. The average molecular weight is 442 g/mol. The van der Waals surface area contributed by atoms with Crippen LogP contribution < -0.4 is 0 Å². The lowest BCUT2D eigenvalue weighted by Crippen LogP contribution is -2.22. The third-order valence-electron chi connectivity index (χ3n) is 4.80. The molecule has 7 nitrogen and oxygen atoms in total. The maximum absolute atomic E-state index is 12.5. The number of fused-ring (bicyclic) bond motifs is 2. The van der Waals surface area contributed by atoms with E-state index in [4.69, 9.17) is 4.98 Å². The van der Waals surface area contributed by atoms with Crippen LogP contribution in [0.1, 0.15) is 19.2 Å². The van der Waals surface area contributed by atoms with E-state index >= 15 is 0 Å². The van der Waals surface area contributed by atoms with Crippen LogP contribution in [-0.2, 0) is 22.3 Å². The van der Waals surface area contributed by atoms with Gasteiger partial charge in [0.05, 0.1) is 38.9 Å². The molecule has 2 heterocycles. The Hall–Kier alpha value is -2.49. The van der Waals surface area contributed by atoms with E-state index in [1.807, 2.05) is 30.3 Å². The first-order chi connectivity index (χ1) is 14.4. The van der Waals surface area contributed by atoms with Gasteiger partial charge in [0.2, 0.25) is 10.0 Å². The van der Waals surface area contributed by atoms with Gasteiger partial charge in [-0.05, 0) is 36.8 Å². The molecule has 9 heteroatoms. The summed E-state index contributed by atoms with van der Waals surface area (Å²) in [5.74, 6) is 1.52. The minimum atomic E-state index is -3.50. The highest BCUT2D eigenvalue weighted by atomic mass is 32.2. The molecule has 0 N–H and O–H groups in total. The predicted molar refractivity (Wildman–Crippen MR) is 120 cm³/mol. The normalized spacial score (nSPS) is 12.3. The number of rotatable bonds is 7. The van der Waals surface area contributed by atoms with E-state index in [1.54, 1.807) is 30.1 Å². The number of hydrogen-bond donors (Lipinski definition) is 0. The molecule has 4 rings (SSSR count). The molecule has 0 atom stereocenters. The molecule has 2 aromatic carbocycles. The van der Waals surface area contributed by atoms with Crippen molar-refractivity contribution in [3.8, 4) is 0 Å². The van der Waals surface area contributed by atoms with Crippen LogP contribution in [0, 0.1) is 0 Å². The highest BCUT2D eigenvalue weighted by molar-refractivity contribution is 7.98. The van der Waals surface area contributed by atoms with Crippen molar-refractivity contribution in [3.63, 3.8) is 0 Å². The lowest BCUT2D eigenvalue weighted by Gasteiger charge is -2.11. The number of nitrogens with zero attached hydrogens (tertiary/aromatic N) is 5. The van der Waals surface area contributed by atoms with Crippen LogP contribution in [0.3, 0.4) is 0 Å². The number of para-hydroxylation sites is 2. The fourth-order valence-corrected chi connectivity index (χ4v) is 4.97. The van der Waals surface area contributed by atoms with Crippen molar-refractivity contribution in [1.29, 1.82) is 0 Å². The molecule has 0 bridgehead atoms. The molecule has 0 fully saturated rings. The Morgan fingerprint density at radius 3 is 2.53 bits per heavy atom. The van der Waals surface area contributed by atoms with Gasteiger partial charge in [0.1, 0.15) is 10.9 Å². The van der Waals surface area contributed by atoms with Gasteiger partial charge in [0.15, 0.2) is 0 Å². The largest absolute Gasteiger partial charge is 0.327 e. The van der Waals surface area contributed by atoms with Gasteiger partial charge < -0.3 is 4.57 Å². The van der Waals surface area contributed by atoms with Gasteiger partial charge in [-0.3, -0.25) is 4.98 Å². The Bertz CT molecular complexity index is 1320. The van der Waals surface area contributed by atoms with Crippen molar-refractivity contribution in [1.82, 2.24) is 23.8 Å². The number of aromatic nitrogens is 4. The van der Waals surface area contributed by atoms with Gasteiger partial charge in [-0.25, -0.2) is 22.7 Å². The molecule has 2 aromatic heterocycles. The van der Waals surface area contributed by atoms with Gasteiger partial charge in [-0.15, -0.1) is 0 Å². The SMILES string of the molecule is CCCn1c(CSc2cnc3ccccc3n2)nc2cc(S(=O)(=O)N(C)C)ccc21. The van der Waals surface area contributed by atoms with Crippen molar-refractivity contribution >= 4 is 43.9 Å². The summed E-state index contributed by atoms with van der Waals surface area (Å²) < 4.78 is 28.3. The summed E-state index contributed by atoms with van der Waals surface area (Å²) in [4.78, 5) is 14.1. The first-order valence-electron chi connectivity index (χ1n) is 9.66. The molecule has 0 saturated carbocycles. The zero-order valence-electron chi connectivity index (χ0n) is 17.1. The molecule has 0 spiro atoms. The number of imidazole rings is 1. The van der Waals surface area contributed by atoms with Crippen molar-refractivity contribution < 1.29 is 8.42 Å². The lowest BCUT2D eigenvalue weighted by atomic mass is 10.3. The Morgan fingerprint density at radius 1 is 1.03 bits per heavy atom. The van der Waals surface area contributed by atoms with Gasteiger partial charge in [0, 0.05) is 20.6 Å². The Kier molecular flexibility index (Phi) is 5.77. The standard InChI is InChI=1S/C21H23N5O2S2/c1-4-11-26-19-10-9-15(30(27,28)25(2)3)12-18(19)23-20(26)14-29-21-13-22-16-7-5-6-8-17(16)24-21/h5-10,12-13H,4,11,14H2,1-3H3. The number of aryl methyl sites for hydroxylation is 1. The molecule has 156 valence electrons. The molecule has 0 radical (unpaired) electrons. The molecule has 4 aromatic rings. The number of hydrogen-bond acceptors (Lipinski definition) is 6. The fraction of sp³-hybridized carbons (Fsp3) is 0.286. The second-order valence-corrected chi connectivity index (χ2v) is 10.3. The van der Waals surface area contributed by atoms with Crippen molar-refractivity contribution in [3.05, 3.63) is 54.5 Å². The summed E-state index contributed by atoms with van der Waals surface area (Å²) in [6.07, 6.45) is 2.73. The van der Waals surface area contributed by atoms with E-state index in [2.05, 4.69) is 21.5 Å². The third kappa shape index (κ3) is 3.92. The van der Waals surface area contributed by atoms with E-state index in [0.29, 0.717) is 11.3 Å². The smallest absolute Gasteiger partial charge is 0.242 e. The summed E-state index contributed by atoms with van der Waals surface area (Å²) in [5.41, 5.74) is 3.36. The van der Waals surface area contributed by atoms with Crippen LogP contribution in [-0.4, -0.2) is 46.3 Å². The molecule has 0 aliphatic heterocycles. The summed E-state index contributed by atoms with van der Waals surface area (Å²) in [6, 6.07) is 12.9. The molecule has 0 aliphatic rings. The number of thioether (sulfide) groups is 1. The molecule has 30 heavy (non-hydrogen) atoms. The van der Waals surface area contributed by atoms with Gasteiger partial charge in [0.25, 0.3) is 0 Å². The minimum Gasteiger partial charge on any atom is -0.327 e. The van der Waals surface area contributed by atoms with E-state index in [-0.39, 0.29) is 4.90 Å². The molecule has 0 unspecified atom stereocenters.